The molecule has 240 valence electrons. The number of urea groups is 1. The summed E-state index contributed by atoms with van der Waals surface area (Å²) in [6.07, 6.45) is -9.78. The van der Waals surface area contributed by atoms with Crippen LogP contribution >= 0.6 is 11.3 Å². The Kier molecular flexibility index (Phi) is 11.9. The van der Waals surface area contributed by atoms with Crippen LogP contribution in [0.1, 0.15) is 21.6 Å². The molecule has 1 heterocycles. The quantitative estimate of drug-likeness (QED) is 0.213. The number of anilines is 1. The second-order valence-corrected chi connectivity index (χ2v) is 10.5. The van der Waals surface area contributed by atoms with Crippen LogP contribution in [0.3, 0.4) is 0 Å². The van der Waals surface area contributed by atoms with Gasteiger partial charge in [0.2, 0.25) is 5.91 Å². The highest BCUT2D eigenvalue weighted by atomic mass is 32.1. The Morgan fingerprint density at radius 2 is 1.50 bits per heavy atom. The molecule has 3 aromatic rings. The summed E-state index contributed by atoms with van der Waals surface area (Å²) >= 11 is 1.42. The molecule has 0 radical (unpaired) electrons. The molecule has 0 aliphatic carbocycles. The van der Waals surface area contributed by atoms with Gasteiger partial charge in [0.15, 0.2) is 11.5 Å². The van der Waals surface area contributed by atoms with Crippen molar-refractivity contribution in [3.05, 3.63) is 75.5 Å². The fraction of sp³-hybridized carbons (Fsp3) is 0.379. The van der Waals surface area contributed by atoms with Crippen LogP contribution in [0.15, 0.2) is 53.9 Å². The maximum Gasteiger partial charge on any atom is 0.416 e. The predicted octanol–water partition coefficient (Wildman–Crippen LogP) is 6.55. The number of ether oxygens (including phenoxy) is 3. The van der Waals surface area contributed by atoms with E-state index in [-0.39, 0.29) is 32.3 Å². The molecule has 0 fully saturated rings. The zero-order valence-corrected chi connectivity index (χ0v) is 24.9. The molecule has 1 aromatic heterocycles. The second kappa shape index (κ2) is 15.1. The van der Waals surface area contributed by atoms with E-state index in [2.05, 4.69) is 5.32 Å². The van der Waals surface area contributed by atoms with Gasteiger partial charge in [0.25, 0.3) is 0 Å². The van der Waals surface area contributed by atoms with Crippen molar-refractivity contribution in [2.75, 3.05) is 52.9 Å². The number of methoxy groups -OCH3 is 3. The molecule has 0 atom stereocenters. The van der Waals surface area contributed by atoms with Gasteiger partial charge in [0.1, 0.15) is 6.54 Å². The third kappa shape index (κ3) is 9.77. The number of halogens is 6. The highest BCUT2D eigenvalue weighted by molar-refractivity contribution is 7.09. The first kappa shape index (κ1) is 34.5. The number of carbonyl (C=O) groups excluding carboxylic acids is 2. The molecule has 44 heavy (non-hydrogen) atoms. The third-order valence-corrected chi connectivity index (χ3v) is 7.28. The van der Waals surface area contributed by atoms with Crippen molar-refractivity contribution in [2.24, 2.45) is 0 Å². The molecule has 8 nitrogen and oxygen atoms in total. The smallest absolute Gasteiger partial charge is 0.416 e. The molecule has 0 aliphatic heterocycles. The monoisotopic (exact) mass is 647 g/mol. The lowest BCUT2D eigenvalue weighted by molar-refractivity contribution is -0.143. The number of nitrogens with zero attached hydrogens (tertiary/aromatic N) is 2. The van der Waals surface area contributed by atoms with Crippen molar-refractivity contribution < 1.29 is 50.1 Å². The van der Waals surface area contributed by atoms with Crippen molar-refractivity contribution in [3.8, 4) is 11.5 Å². The lowest BCUT2D eigenvalue weighted by Gasteiger charge is -2.28. The minimum absolute atomic E-state index is 0.0390. The summed E-state index contributed by atoms with van der Waals surface area (Å²) in [5.74, 6) is 0.544. The highest BCUT2D eigenvalue weighted by Gasteiger charge is 2.37. The van der Waals surface area contributed by atoms with Gasteiger partial charge in [-0.2, -0.15) is 26.3 Å². The predicted molar refractivity (Wildman–Crippen MR) is 152 cm³/mol. The summed E-state index contributed by atoms with van der Waals surface area (Å²) in [4.78, 5) is 30.0. The Morgan fingerprint density at radius 3 is 2.05 bits per heavy atom. The van der Waals surface area contributed by atoms with Crippen LogP contribution in [-0.2, 0) is 34.8 Å². The molecule has 15 heteroatoms. The van der Waals surface area contributed by atoms with E-state index >= 15 is 0 Å². The van der Waals surface area contributed by atoms with Gasteiger partial charge in [-0.05, 0) is 53.8 Å². The number of benzene rings is 2. The number of carbonyl (C=O) groups is 2. The van der Waals surface area contributed by atoms with Gasteiger partial charge >= 0.3 is 18.4 Å². The molecule has 0 unspecified atom stereocenters. The summed E-state index contributed by atoms with van der Waals surface area (Å²) < 4.78 is 95.5. The van der Waals surface area contributed by atoms with Gasteiger partial charge in [-0.3, -0.25) is 4.79 Å². The van der Waals surface area contributed by atoms with Crippen molar-refractivity contribution in [1.82, 2.24) is 9.80 Å². The first-order valence-electron chi connectivity index (χ1n) is 13.1. The Bertz CT molecular complexity index is 1370. The Hall–Kier alpha value is -3.98. The van der Waals surface area contributed by atoms with Crippen LogP contribution in [0, 0.1) is 0 Å². The van der Waals surface area contributed by atoms with Crippen LogP contribution in [0.2, 0.25) is 0 Å². The first-order valence-corrected chi connectivity index (χ1v) is 14.0. The fourth-order valence-corrected chi connectivity index (χ4v) is 4.85. The van der Waals surface area contributed by atoms with Crippen molar-refractivity contribution in [1.29, 1.82) is 0 Å². The van der Waals surface area contributed by atoms with Gasteiger partial charge in [-0.25, -0.2) is 4.79 Å². The normalized spacial score (nSPS) is 11.7. The average Bonchev–Trinajstić information content (AvgIpc) is 3.49. The van der Waals surface area contributed by atoms with Crippen LogP contribution in [0.25, 0.3) is 0 Å². The highest BCUT2D eigenvalue weighted by Crippen LogP contribution is 2.37. The van der Waals surface area contributed by atoms with Gasteiger partial charge in [0, 0.05) is 30.8 Å². The third-order valence-electron chi connectivity index (χ3n) is 6.42. The van der Waals surface area contributed by atoms with E-state index in [0.717, 1.165) is 15.3 Å². The first-order chi connectivity index (χ1) is 20.7. The molecule has 2 aromatic carbocycles. The van der Waals surface area contributed by atoms with Crippen LogP contribution in [0.4, 0.5) is 36.8 Å². The minimum Gasteiger partial charge on any atom is -0.493 e. The Labute approximate surface area is 254 Å². The number of amides is 3. The van der Waals surface area contributed by atoms with Gasteiger partial charge in [-0.1, -0.05) is 12.1 Å². The number of rotatable bonds is 13. The van der Waals surface area contributed by atoms with Gasteiger partial charge in [0.05, 0.1) is 38.5 Å². The van der Waals surface area contributed by atoms with Gasteiger partial charge < -0.3 is 29.3 Å². The average molecular weight is 648 g/mol. The van der Waals surface area contributed by atoms with Crippen molar-refractivity contribution in [2.45, 2.75) is 25.3 Å². The van der Waals surface area contributed by atoms with Crippen LogP contribution in [0.5, 0.6) is 11.5 Å². The largest absolute Gasteiger partial charge is 0.493 e. The lowest BCUT2D eigenvalue weighted by Crippen LogP contribution is -2.46. The molecule has 0 saturated heterocycles. The number of alkyl halides is 6. The Morgan fingerprint density at radius 1 is 0.841 bits per heavy atom. The van der Waals surface area contributed by atoms with E-state index in [0.29, 0.717) is 30.1 Å². The molecule has 0 bridgehead atoms. The van der Waals surface area contributed by atoms with E-state index in [4.69, 9.17) is 14.2 Å². The maximum atomic E-state index is 13.5. The zero-order valence-electron chi connectivity index (χ0n) is 24.1. The molecule has 3 amide bonds. The number of hydrogen-bond acceptors (Lipinski definition) is 6. The zero-order chi connectivity index (χ0) is 32.5. The maximum absolute atomic E-state index is 13.5. The van der Waals surface area contributed by atoms with E-state index in [9.17, 15) is 35.9 Å². The molecule has 0 saturated carbocycles. The molecule has 1 N–H and O–H groups in total. The standard InChI is InChI=1S/C29H31F6N3O5S/c1-41-11-10-38(27(40)36-22-15-20(28(30,31)32)14-21(16-22)29(33,34)35)18-26(39)37(17-23-5-4-12-44-23)9-8-19-6-7-24(42-2)25(13-19)43-3/h4-7,12-16H,8-11,17-18H2,1-3H3,(H,36,40). The fourth-order valence-electron chi connectivity index (χ4n) is 4.13. The molecule has 3 rings (SSSR count). The number of thiophene rings is 1. The summed E-state index contributed by atoms with van der Waals surface area (Å²) in [7, 11) is 4.34. The Balaban J connectivity index is 1.82. The molecule has 0 aliphatic rings. The van der Waals surface area contributed by atoms with E-state index in [1.165, 1.54) is 37.6 Å². The summed E-state index contributed by atoms with van der Waals surface area (Å²) in [5.41, 5.74) is -3.06. The SMILES string of the molecule is COCCN(CC(=O)N(CCc1ccc(OC)c(OC)c1)Cc1cccs1)C(=O)Nc1cc(C(F)(F)F)cc(C(F)(F)F)c1. The number of nitrogens with one attached hydrogen (secondary N) is 1. The topological polar surface area (TPSA) is 80.3 Å². The number of hydrogen-bond donors (Lipinski definition) is 1. The van der Waals surface area contributed by atoms with E-state index in [1.54, 1.807) is 12.1 Å². The molecule has 0 spiro atoms. The van der Waals surface area contributed by atoms with Crippen LogP contribution in [-0.4, -0.2) is 69.3 Å². The van der Waals surface area contributed by atoms with Crippen LogP contribution < -0.4 is 14.8 Å². The minimum atomic E-state index is -5.09. The second-order valence-electron chi connectivity index (χ2n) is 9.47. The van der Waals surface area contributed by atoms with Crippen molar-refractivity contribution in [3.63, 3.8) is 0 Å². The lowest BCUT2D eigenvalue weighted by atomic mass is 10.1. The summed E-state index contributed by atoms with van der Waals surface area (Å²) in [5, 5.41) is 3.93. The summed E-state index contributed by atoms with van der Waals surface area (Å²) in [6.45, 7) is -0.284. The molecular formula is C29H31F6N3O5S. The van der Waals surface area contributed by atoms with E-state index in [1.807, 2.05) is 23.6 Å². The van der Waals surface area contributed by atoms with E-state index < -0.39 is 47.6 Å². The summed E-state index contributed by atoms with van der Waals surface area (Å²) in [6, 6.07) is 8.66. The van der Waals surface area contributed by atoms with Gasteiger partial charge in [-0.15, -0.1) is 11.3 Å². The molecular weight excluding hydrogens is 616 g/mol. The van der Waals surface area contributed by atoms with Crippen molar-refractivity contribution >= 4 is 29.0 Å².